The first-order chi connectivity index (χ1) is 9.76. The van der Waals surface area contributed by atoms with Gasteiger partial charge in [-0.1, -0.05) is 6.92 Å². The number of amides is 2. The fourth-order valence-corrected chi connectivity index (χ4v) is 2.11. The minimum absolute atomic E-state index is 0.217. The summed E-state index contributed by atoms with van der Waals surface area (Å²) in [5, 5.41) is 11.5. The number of rotatable bonds is 5. The lowest BCUT2D eigenvalue weighted by molar-refractivity contribution is -0.138. The maximum atomic E-state index is 13.4. The van der Waals surface area contributed by atoms with E-state index in [0.29, 0.717) is 17.7 Å². The van der Waals surface area contributed by atoms with Gasteiger partial charge in [0.05, 0.1) is 4.47 Å². The highest BCUT2D eigenvalue weighted by Crippen LogP contribution is 2.24. The summed E-state index contributed by atoms with van der Waals surface area (Å²) in [6.07, 6.45) is 0.632. The lowest BCUT2D eigenvalue weighted by atomic mass is 10.2. The average molecular weight is 361 g/mol. The zero-order valence-corrected chi connectivity index (χ0v) is 13.7. The van der Waals surface area contributed by atoms with Crippen LogP contribution in [0.3, 0.4) is 0 Å². The molecule has 1 unspecified atom stereocenters. The molecule has 0 spiro atoms. The third-order valence-corrected chi connectivity index (χ3v) is 3.81. The van der Waals surface area contributed by atoms with Crippen LogP contribution in [0.2, 0.25) is 0 Å². The highest BCUT2D eigenvalue weighted by atomic mass is 79.9. The van der Waals surface area contributed by atoms with Gasteiger partial charge in [-0.2, -0.15) is 0 Å². The standard InChI is InChI=1S/C14H18BrFN2O3/c1-4-9(3)18(7-13(19)20)14(21)17-12-6-10(15)11(16)5-8(12)2/h5-6,9H,4,7H2,1-3H3,(H,17,21)(H,19,20). The molecule has 0 radical (unpaired) electrons. The number of halogens is 2. The third kappa shape index (κ3) is 4.70. The number of hydrogen-bond donors (Lipinski definition) is 2. The summed E-state index contributed by atoms with van der Waals surface area (Å²) in [6.45, 7) is 4.92. The number of hydrogen-bond acceptors (Lipinski definition) is 2. The number of carbonyl (C=O) groups excluding carboxylic acids is 1. The Morgan fingerprint density at radius 1 is 1.48 bits per heavy atom. The van der Waals surface area contributed by atoms with Crippen molar-refractivity contribution in [3.8, 4) is 0 Å². The van der Waals surface area contributed by atoms with Crippen LogP contribution in [-0.2, 0) is 4.79 Å². The van der Waals surface area contributed by atoms with Crippen molar-refractivity contribution in [3.05, 3.63) is 28.0 Å². The molecule has 2 N–H and O–H groups in total. The molecule has 2 amide bonds. The van der Waals surface area contributed by atoms with Crippen molar-refractivity contribution in [2.45, 2.75) is 33.2 Å². The average Bonchev–Trinajstić information content (AvgIpc) is 2.41. The number of carboxylic acid groups (broad SMARTS) is 1. The van der Waals surface area contributed by atoms with Gasteiger partial charge in [-0.25, -0.2) is 9.18 Å². The number of aryl methyl sites for hydroxylation is 1. The van der Waals surface area contributed by atoms with Crippen LogP contribution in [0.4, 0.5) is 14.9 Å². The predicted molar refractivity (Wildman–Crippen MR) is 82.0 cm³/mol. The van der Waals surface area contributed by atoms with Gasteiger partial charge in [0.1, 0.15) is 12.4 Å². The van der Waals surface area contributed by atoms with E-state index in [0.717, 1.165) is 0 Å². The molecule has 0 fully saturated rings. The highest BCUT2D eigenvalue weighted by Gasteiger charge is 2.22. The maximum Gasteiger partial charge on any atom is 0.323 e. The summed E-state index contributed by atoms with van der Waals surface area (Å²) < 4.78 is 13.6. The first kappa shape index (κ1) is 17.4. The van der Waals surface area contributed by atoms with Gasteiger partial charge in [0.15, 0.2) is 0 Å². The van der Waals surface area contributed by atoms with Gasteiger partial charge in [0, 0.05) is 11.7 Å². The van der Waals surface area contributed by atoms with Crippen LogP contribution in [0, 0.1) is 12.7 Å². The maximum absolute atomic E-state index is 13.4. The zero-order chi connectivity index (χ0) is 16.2. The van der Waals surface area contributed by atoms with E-state index in [4.69, 9.17) is 5.11 Å². The highest BCUT2D eigenvalue weighted by molar-refractivity contribution is 9.10. The van der Waals surface area contributed by atoms with Crippen LogP contribution < -0.4 is 5.32 Å². The number of carbonyl (C=O) groups is 2. The van der Waals surface area contributed by atoms with E-state index in [1.807, 2.05) is 6.92 Å². The predicted octanol–water partition coefficient (Wildman–Crippen LogP) is 3.61. The second-order valence-corrected chi connectivity index (χ2v) is 5.64. The number of nitrogens with one attached hydrogen (secondary N) is 1. The van der Waals surface area contributed by atoms with Gasteiger partial charge in [0.2, 0.25) is 0 Å². The van der Waals surface area contributed by atoms with Crippen molar-refractivity contribution in [2.24, 2.45) is 0 Å². The van der Waals surface area contributed by atoms with E-state index in [9.17, 15) is 14.0 Å². The molecule has 21 heavy (non-hydrogen) atoms. The largest absolute Gasteiger partial charge is 0.480 e. The molecule has 1 atom stereocenters. The van der Waals surface area contributed by atoms with Gasteiger partial charge in [-0.3, -0.25) is 4.79 Å². The van der Waals surface area contributed by atoms with E-state index in [2.05, 4.69) is 21.2 Å². The number of aliphatic carboxylic acids is 1. The van der Waals surface area contributed by atoms with E-state index >= 15 is 0 Å². The Labute approximate surface area is 131 Å². The molecule has 0 saturated carbocycles. The fraction of sp³-hybridized carbons (Fsp3) is 0.429. The summed E-state index contributed by atoms with van der Waals surface area (Å²) in [6, 6.07) is 2.02. The second-order valence-electron chi connectivity index (χ2n) is 4.79. The number of urea groups is 1. The van der Waals surface area contributed by atoms with Crippen molar-refractivity contribution < 1.29 is 19.1 Å². The van der Waals surface area contributed by atoms with Crippen molar-refractivity contribution in [1.82, 2.24) is 4.90 Å². The van der Waals surface area contributed by atoms with Crippen LogP contribution >= 0.6 is 15.9 Å². The summed E-state index contributed by atoms with van der Waals surface area (Å²) in [5.41, 5.74) is 0.996. The molecular formula is C14H18BrFN2O3. The molecule has 7 heteroatoms. The Hall–Kier alpha value is -1.63. The third-order valence-electron chi connectivity index (χ3n) is 3.20. The molecule has 0 aliphatic rings. The van der Waals surface area contributed by atoms with Crippen LogP contribution in [0.5, 0.6) is 0 Å². The van der Waals surface area contributed by atoms with Crippen LogP contribution in [0.25, 0.3) is 0 Å². The minimum atomic E-state index is -1.08. The number of carboxylic acids is 1. The van der Waals surface area contributed by atoms with Crippen molar-refractivity contribution in [1.29, 1.82) is 0 Å². The number of benzene rings is 1. The van der Waals surface area contributed by atoms with Crippen molar-refractivity contribution in [3.63, 3.8) is 0 Å². The molecule has 5 nitrogen and oxygen atoms in total. The Morgan fingerprint density at radius 2 is 2.10 bits per heavy atom. The molecule has 0 aromatic heterocycles. The van der Waals surface area contributed by atoms with Crippen molar-refractivity contribution in [2.75, 3.05) is 11.9 Å². The normalized spacial score (nSPS) is 11.9. The molecule has 1 aromatic carbocycles. The molecular weight excluding hydrogens is 343 g/mol. The monoisotopic (exact) mass is 360 g/mol. The molecule has 0 aliphatic heterocycles. The van der Waals surface area contributed by atoms with Crippen LogP contribution in [0.15, 0.2) is 16.6 Å². The lowest BCUT2D eigenvalue weighted by Gasteiger charge is -2.27. The molecule has 0 aliphatic carbocycles. The Morgan fingerprint density at radius 3 is 2.62 bits per heavy atom. The SMILES string of the molecule is CCC(C)N(CC(=O)O)C(=O)Nc1cc(Br)c(F)cc1C. The smallest absolute Gasteiger partial charge is 0.323 e. The van der Waals surface area contributed by atoms with Gasteiger partial charge < -0.3 is 15.3 Å². The summed E-state index contributed by atoms with van der Waals surface area (Å²) in [4.78, 5) is 24.3. The summed E-state index contributed by atoms with van der Waals surface area (Å²) in [5.74, 6) is -1.50. The summed E-state index contributed by atoms with van der Waals surface area (Å²) >= 11 is 3.06. The first-order valence-electron chi connectivity index (χ1n) is 6.51. The van der Waals surface area contributed by atoms with Crippen molar-refractivity contribution >= 4 is 33.6 Å². The van der Waals surface area contributed by atoms with E-state index < -0.39 is 17.8 Å². The van der Waals surface area contributed by atoms with E-state index in [1.54, 1.807) is 13.8 Å². The molecule has 0 saturated heterocycles. The van der Waals surface area contributed by atoms with Crippen LogP contribution in [0.1, 0.15) is 25.8 Å². The van der Waals surface area contributed by atoms with Crippen LogP contribution in [-0.4, -0.2) is 34.6 Å². The second kappa shape index (κ2) is 7.40. The Bertz CT molecular complexity index is 551. The molecule has 1 rings (SSSR count). The quantitative estimate of drug-likeness (QED) is 0.842. The zero-order valence-electron chi connectivity index (χ0n) is 12.1. The molecule has 0 heterocycles. The Kier molecular flexibility index (Phi) is 6.14. The Balaban J connectivity index is 2.96. The molecule has 116 valence electrons. The van der Waals surface area contributed by atoms with Gasteiger partial charge in [-0.05, 0) is 53.9 Å². The molecule has 0 bridgehead atoms. The minimum Gasteiger partial charge on any atom is -0.480 e. The number of nitrogens with zero attached hydrogens (tertiary/aromatic N) is 1. The topological polar surface area (TPSA) is 69.6 Å². The van der Waals surface area contributed by atoms with Gasteiger partial charge >= 0.3 is 12.0 Å². The van der Waals surface area contributed by atoms with E-state index in [-0.39, 0.29) is 17.1 Å². The molecule has 1 aromatic rings. The summed E-state index contributed by atoms with van der Waals surface area (Å²) in [7, 11) is 0. The fourth-order valence-electron chi connectivity index (χ4n) is 1.76. The lowest BCUT2D eigenvalue weighted by Crippen LogP contribution is -2.44. The van der Waals surface area contributed by atoms with E-state index in [1.165, 1.54) is 17.0 Å². The number of anilines is 1. The first-order valence-corrected chi connectivity index (χ1v) is 7.30. The van der Waals surface area contributed by atoms with Gasteiger partial charge in [0.25, 0.3) is 0 Å². The van der Waals surface area contributed by atoms with Gasteiger partial charge in [-0.15, -0.1) is 0 Å².